The Labute approximate surface area is 226 Å². The van der Waals surface area contributed by atoms with Crippen LogP contribution in [-0.4, -0.2) is 83.3 Å². The minimum atomic E-state index is -1.18. The number of nitrogens with two attached hydrogens (primary N) is 1. The molecule has 3 aromatic rings. The van der Waals surface area contributed by atoms with Crippen molar-refractivity contribution in [1.29, 1.82) is 0 Å². The van der Waals surface area contributed by atoms with Gasteiger partial charge >= 0.3 is 12.1 Å². The van der Waals surface area contributed by atoms with Crippen molar-refractivity contribution in [3.8, 4) is 5.75 Å². The number of benzene rings is 2. The van der Waals surface area contributed by atoms with Gasteiger partial charge in [0, 0.05) is 49.6 Å². The molecule has 0 spiro atoms. The molecule has 2 heterocycles. The lowest BCUT2D eigenvalue weighted by molar-refractivity contribution is -0.139. The second-order valence-electron chi connectivity index (χ2n) is 9.83. The summed E-state index contributed by atoms with van der Waals surface area (Å²) in [5.41, 5.74) is 7.40. The third-order valence-electron chi connectivity index (χ3n) is 6.34. The summed E-state index contributed by atoms with van der Waals surface area (Å²) in [7, 11) is 2.07. The Morgan fingerprint density at radius 2 is 1.72 bits per heavy atom. The number of nitrogens with one attached hydrogen (secondary N) is 2. The van der Waals surface area contributed by atoms with Gasteiger partial charge in [-0.1, -0.05) is 12.1 Å². The first-order valence-electron chi connectivity index (χ1n) is 12.7. The molecule has 0 bridgehead atoms. The summed E-state index contributed by atoms with van der Waals surface area (Å²) in [6.07, 6.45) is -0.540. The zero-order valence-electron chi connectivity index (χ0n) is 22.2. The molecule has 2 amide bonds. The molecule has 1 unspecified atom stereocenters. The van der Waals surface area contributed by atoms with Crippen molar-refractivity contribution >= 4 is 40.6 Å². The molecule has 12 nitrogen and oxygen atoms in total. The molecule has 2 aromatic carbocycles. The van der Waals surface area contributed by atoms with Gasteiger partial charge in [-0.05, 0) is 56.8 Å². The zero-order valence-corrected chi connectivity index (χ0v) is 22.2. The van der Waals surface area contributed by atoms with E-state index in [1.807, 2.05) is 13.8 Å². The molecule has 0 radical (unpaired) electrons. The van der Waals surface area contributed by atoms with E-state index in [1.165, 1.54) is 0 Å². The van der Waals surface area contributed by atoms with Crippen molar-refractivity contribution < 1.29 is 24.2 Å². The standard InChI is InChI=1S/C27H33N7O5/c1-16(2)29-27(38)39-19-7-4-17(5-8-19)14-22(25(36)37)30-24(35)18-6-9-20-21(15-18)31-26(28)32-23(20)34-12-10-33(3)11-13-34/h4-9,15-16,22H,10-14H2,1-3H3,(H,29,38)(H,30,35)(H,36,37)(H2,28,31,32). The number of anilines is 2. The Hall–Kier alpha value is -4.45. The van der Waals surface area contributed by atoms with Gasteiger partial charge in [0.15, 0.2) is 0 Å². The largest absolute Gasteiger partial charge is 0.480 e. The Bertz CT molecular complexity index is 1350. The number of rotatable bonds is 8. The monoisotopic (exact) mass is 535 g/mol. The number of hydrogen-bond donors (Lipinski definition) is 4. The van der Waals surface area contributed by atoms with Crippen molar-refractivity contribution in [2.24, 2.45) is 0 Å². The molecule has 12 heteroatoms. The molecule has 1 aliphatic heterocycles. The summed E-state index contributed by atoms with van der Waals surface area (Å²) in [5, 5.41) is 15.7. The lowest BCUT2D eigenvalue weighted by Gasteiger charge is -2.33. The first-order chi connectivity index (χ1) is 18.6. The topological polar surface area (TPSA) is 163 Å². The Morgan fingerprint density at radius 3 is 2.36 bits per heavy atom. The maximum atomic E-state index is 13.0. The molecule has 1 fully saturated rings. The molecular formula is C27H33N7O5. The maximum absolute atomic E-state index is 13.0. The summed E-state index contributed by atoms with van der Waals surface area (Å²) in [6, 6.07) is 10.2. The Kier molecular flexibility index (Phi) is 8.45. The van der Waals surface area contributed by atoms with Crippen LogP contribution in [0.2, 0.25) is 0 Å². The first kappa shape index (κ1) is 27.6. The number of fused-ring (bicyclic) bond motifs is 1. The Balaban J connectivity index is 1.46. The van der Waals surface area contributed by atoms with Gasteiger partial charge in [0.05, 0.1) is 5.52 Å². The van der Waals surface area contributed by atoms with Crippen LogP contribution in [0.5, 0.6) is 5.75 Å². The average molecular weight is 536 g/mol. The van der Waals surface area contributed by atoms with Crippen molar-refractivity contribution in [2.75, 3.05) is 43.9 Å². The predicted octanol–water partition coefficient (Wildman–Crippen LogP) is 1.89. The number of ether oxygens (including phenoxy) is 1. The molecule has 206 valence electrons. The van der Waals surface area contributed by atoms with E-state index in [9.17, 15) is 19.5 Å². The molecule has 1 aromatic heterocycles. The van der Waals surface area contributed by atoms with Crippen molar-refractivity contribution in [2.45, 2.75) is 32.4 Å². The van der Waals surface area contributed by atoms with Gasteiger partial charge in [0.1, 0.15) is 17.6 Å². The number of aromatic nitrogens is 2. The number of amides is 2. The van der Waals surface area contributed by atoms with E-state index in [-0.39, 0.29) is 24.0 Å². The van der Waals surface area contributed by atoms with Crippen LogP contribution in [0.4, 0.5) is 16.6 Å². The van der Waals surface area contributed by atoms with E-state index in [0.717, 1.165) is 37.4 Å². The molecule has 4 rings (SSSR count). The number of likely N-dealkylation sites (N-methyl/N-ethyl adjacent to an activating group) is 1. The summed E-state index contributed by atoms with van der Waals surface area (Å²) >= 11 is 0. The lowest BCUT2D eigenvalue weighted by atomic mass is 10.0. The predicted molar refractivity (Wildman–Crippen MR) is 147 cm³/mol. The maximum Gasteiger partial charge on any atom is 0.412 e. The third kappa shape index (κ3) is 7.11. The number of piperazine rings is 1. The SMILES string of the molecule is CC(C)NC(=O)Oc1ccc(CC(NC(=O)c2ccc3c(N4CCN(C)CC4)nc(N)nc3c2)C(=O)O)cc1. The highest BCUT2D eigenvalue weighted by Crippen LogP contribution is 2.26. The highest BCUT2D eigenvalue weighted by Gasteiger charge is 2.23. The third-order valence-corrected chi connectivity index (χ3v) is 6.34. The van der Waals surface area contributed by atoms with Crippen LogP contribution in [0.1, 0.15) is 29.8 Å². The van der Waals surface area contributed by atoms with Crippen LogP contribution in [0, 0.1) is 0 Å². The minimum absolute atomic E-state index is 0.0375. The molecule has 5 N–H and O–H groups in total. The second-order valence-corrected chi connectivity index (χ2v) is 9.83. The number of nitrogens with zero attached hydrogens (tertiary/aromatic N) is 4. The summed E-state index contributed by atoms with van der Waals surface area (Å²) in [4.78, 5) is 49.9. The fourth-order valence-electron chi connectivity index (χ4n) is 4.27. The van der Waals surface area contributed by atoms with Gasteiger partial charge in [0.2, 0.25) is 5.95 Å². The van der Waals surface area contributed by atoms with Crippen LogP contribution in [-0.2, 0) is 11.2 Å². The number of carboxylic acids is 1. The highest BCUT2D eigenvalue weighted by atomic mass is 16.6. The van der Waals surface area contributed by atoms with Gasteiger partial charge in [-0.25, -0.2) is 14.6 Å². The zero-order chi connectivity index (χ0) is 28.1. The number of carbonyl (C=O) groups excluding carboxylic acids is 2. The Morgan fingerprint density at radius 1 is 1.03 bits per heavy atom. The molecule has 1 saturated heterocycles. The van der Waals surface area contributed by atoms with Crippen LogP contribution in [0.25, 0.3) is 10.9 Å². The van der Waals surface area contributed by atoms with Crippen LogP contribution < -0.4 is 26.0 Å². The van der Waals surface area contributed by atoms with Crippen molar-refractivity contribution in [1.82, 2.24) is 25.5 Å². The highest BCUT2D eigenvalue weighted by molar-refractivity contribution is 6.01. The van der Waals surface area contributed by atoms with Gasteiger partial charge in [-0.3, -0.25) is 4.79 Å². The minimum Gasteiger partial charge on any atom is -0.480 e. The average Bonchev–Trinajstić information content (AvgIpc) is 2.88. The molecular weight excluding hydrogens is 502 g/mol. The number of nitrogen functional groups attached to an aromatic ring is 1. The van der Waals surface area contributed by atoms with Gasteiger partial charge in [0.25, 0.3) is 5.91 Å². The fourth-order valence-corrected chi connectivity index (χ4v) is 4.27. The van der Waals surface area contributed by atoms with E-state index in [2.05, 4.69) is 37.4 Å². The fraction of sp³-hybridized carbons (Fsp3) is 0.370. The van der Waals surface area contributed by atoms with Gasteiger partial charge in [-0.15, -0.1) is 0 Å². The van der Waals surface area contributed by atoms with Gasteiger partial charge < -0.3 is 36.0 Å². The van der Waals surface area contributed by atoms with Crippen LogP contribution in [0.15, 0.2) is 42.5 Å². The quantitative estimate of drug-likeness (QED) is 0.335. The van der Waals surface area contributed by atoms with E-state index < -0.39 is 24.0 Å². The van der Waals surface area contributed by atoms with Crippen molar-refractivity contribution in [3.05, 3.63) is 53.6 Å². The van der Waals surface area contributed by atoms with E-state index in [1.54, 1.807) is 42.5 Å². The summed E-state index contributed by atoms with van der Waals surface area (Å²) < 4.78 is 5.19. The molecule has 0 aliphatic carbocycles. The lowest BCUT2D eigenvalue weighted by Crippen LogP contribution is -2.45. The van der Waals surface area contributed by atoms with Gasteiger partial charge in [-0.2, -0.15) is 4.98 Å². The number of hydrogen-bond acceptors (Lipinski definition) is 9. The number of aliphatic carboxylic acids is 1. The van der Waals surface area contributed by atoms with E-state index in [0.29, 0.717) is 16.8 Å². The number of carboxylic acid groups (broad SMARTS) is 1. The van der Waals surface area contributed by atoms with Crippen LogP contribution in [0.3, 0.4) is 0 Å². The normalized spacial score (nSPS) is 14.7. The first-order valence-corrected chi connectivity index (χ1v) is 12.7. The van der Waals surface area contributed by atoms with E-state index in [4.69, 9.17) is 10.5 Å². The number of carbonyl (C=O) groups is 3. The smallest absolute Gasteiger partial charge is 0.412 e. The molecule has 1 atom stereocenters. The molecule has 1 aliphatic rings. The van der Waals surface area contributed by atoms with Crippen molar-refractivity contribution in [3.63, 3.8) is 0 Å². The second kappa shape index (κ2) is 11.9. The van der Waals surface area contributed by atoms with Crippen LogP contribution >= 0.6 is 0 Å². The molecule has 0 saturated carbocycles. The molecule has 39 heavy (non-hydrogen) atoms. The van der Waals surface area contributed by atoms with E-state index >= 15 is 0 Å². The summed E-state index contributed by atoms with van der Waals surface area (Å²) in [6.45, 7) is 7.01. The summed E-state index contributed by atoms with van der Waals surface area (Å²) in [5.74, 6) is -0.583.